The zero-order chi connectivity index (χ0) is 17.2. The molecule has 0 heterocycles. The first kappa shape index (κ1) is 19.2. The van der Waals surface area contributed by atoms with Crippen molar-refractivity contribution in [2.45, 2.75) is 25.8 Å². The van der Waals surface area contributed by atoms with Gasteiger partial charge in [-0.25, -0.2) is 0 Å². The number of benzene rings is 1. The molecule has 0 aliphatic heterocycles. The highest BCUT2D eigenvalue weighted by molar-refractivity contribution is 7.98. The average molecular weight is 340 g/mol. The van der Waals surface area contributed by atoms with Gasteiger partial charge in [0.1, 0.15) is 5.69 Å². The molecule has 1 atom stereocenters. The van der Waals surface area contributed by atoms with Gasteiger partial charge in [0.05, 0.1) is 11.0 Å². The van der Waals surface area contributed by atoms with Crippen molar-refractivity contribution in [2.75, 3.05) is 30.4 Å². The smallest absolute Gasteiger partial charge is 0.292 e. The first-order chi connectivity index (χ1) is 11.0. The number of rotatable bonds is 10. The van der Waals surface area contributed by atoms with Crippen molar-refractivity contribution >= 4 is 29.0 Å². The van der Waals surface area contributed by atoms with Gasteiger partial charge in [0.25, 0.3) is 5.69 Å². The van der Waals surface area contributed by atoms with Crippen molar-refractivity contribution in [3.8, 4) is 0 Å². The summed E-state index contributed by atoms with van der Waals surface area (Å²) >= 11 is 1.66. The molecule has 0 spiro atoms. The molecule has 23 heavy (non-hydrogen) atoms. The Hall–Kier alpha value is -1.80. The molecule has 0 saturated heterocycles. The van der Waals surface area contributed by atoms with E-state index in [9.17, 15) is 14.9 Å². The minimum atomic E-state index is -0.478. The number of amides is 1. The first-order valence-corrected chi connectivity index (χ1v) is 8.86. The number of carbonyl (C=O) groups is 1. The predicted octanol–water partition coefficient (Wildman–Crippen LogP) is 1.90. The maximum atomic E-state index is 11.7. The Morgan fingerprint density at radius 3 is 2.83 bits per heavy atom. The van der Waals surface area contributed by atoms with Gasteiger partial charge in [-0.05, 0) is 43.4 Å². The molecule has 0 fully saturated rings. The Morgan fingerprint density at radius 2 is 2.17 bits per heavy atom. The van der Waals surface area contributed by atoms with Gasteiger partial charge in [0.2, 0.25) is 5.91 Å². The van der Waals surface area contributed by atoms with Crippen LogP contribution in [0.1, 0.15) is 18.4 Å². The molecular formula is C15H24N4O3S. The molecule has 0 aliphatic carbocycles. The second-order valence-electron chi connectivity index (χ2n) is 5.24. The number of nitrogens with zero attached hydrogens (tertiary/aromatic N) is 1. The molecule has 0 radical (unpaired) electrons. The SMILES string of the molecule is CSCC[C@H](N)C(=O)NCCCNc1ccc(C)cc1[N+](=O)[O-]. The highest BCUT2D eigenvalue weighted by Gasteiger charge is 2.14. The van der Waals surface area contributed by atoms with Crippen molar-refractivity contribution in [1.29, 1.82) is 0 Å². The van der Waals surface area contributed by atoms with Crippen molar-refractivity contribution < 1.29 is 9.72 Å². The van der Waals surface area contributed by atoms with Crippen LogP contribution in [0, 0.1) is 17.0 Å². The van der Waals surface area contributed by atoms with Crippen LogP contribution in [-0.2, 0) is 4.79 Å². The van der Waals surface area contributed by atoms with E-state index >= 15 is 0 Å². The predicted molar refractivity (Wildman–Crippen MR) is 94.9 cm³/mol. The van der Waals surface area contributed by atoms with Gasteiger partial charge in [-0.3, -0.25) is 14.9 Å². The topological polar surface area (TPSA) is 110 Å². The number of hydrogen-bond acceptors (Lipinski definition) is 6. The van der Waals surface area contributed by atoms with Gasteiger partial charge >= 0.3 is 0 Å². The summed E-state index contributed by atoms with van der Waals surface area (Å²) in [5, 5.41) is 16.8. The Morgan fingerprint density at radius 1 is 1.43 bits per heavy atom. The van der Waals surface area contributed by atoms with Crippen LogP contribution >= 0.6 is 11.8 Å². The summed E-state index contributed by atoms with van der Waals surface area (Å²) in [4.78, 5) is 22.3. The second kappa shape index (κ2) is 10.1. The van der Waals surface area contributed by atoms with Crippen LogP contribution in [0.4, 0.5) is 11.4 Å². The van der Waals surface area contributed by atoms with E-state index in [-0.39, 0.29) is 11.6 Å². The Bertz CT molecular complexity index is 539. The molecule has 1 aromatic carbocycles. The number of thioether (sulfide) groups is 1. The van der Waals surface area contributed by atoms with E-state index in [0.29, 0.717) is 31.6 Å². The van der Waals surface area contributed by atoms with Crippen LogP contribution in [0.3, 0.4) is 0 Å². The summed E-state index contributed by atoms with van der Waals surface area (Å²) in [6.07, 6.45) is 3.29. The highest BCUT2D eigenvalue weighted by atomic mass is 32.2. The molecule has 1 rings (SSSR count). The average Bonchev–Trinajstić information content (AvgIpc) is 2.52. The lowest BCUT2D eigenvalue weighted by molar-refractivity contribution is -0.384. The van der Waals surface area contributed by atoms with Crippen molar-refractivity contribution in [1.82, 2.24) is 5.32 Å². The lowest BCUT2D eigenvalue weighted by atomic mass is 10.2. The number of nitro benzene ring substituents is 1. The molecular weight excluding hydrogens is 316 g/mol. The standard InChI is InChI=1S/C15H24N4O3S/c1-11-4-5-13(14(10-11)19(21)22)17-7-3-8-18-15(20)12(16)6-9-23-2/h4-5,10,12,17H,3,6-9,16H2,1-2H3,(H,18,20)/t12-/m0/s1. The van der Waals surface area contributed by atoms with E-state index in [4.69, 9.17) is 5.73 Å². The largest absolute Gasteiger partial charge is 0.379 e. The fraction of sp³-hybridized carbons (Fsp3) is 0.533. The van der Waals surface area contributed by atoms with Crippen LogP contribution in [-0.4, -0.2) is 42.0 Å². The molecule has 7 nitrogen and oxygen atoms in total. The van der Waals surface area contributed by atoms with E-state index in [1.807, 2.05) is 19.2 Å². The maximum absolute atomic E-state index is 11.7. The number of nitrogens with two attached hydrogens (primary N) is 1. The summed E-state index contributed by atoms with van der Waals surface area (Å²) in [6.45, 7) is 2.83. The third-order valence-electron chi connectivity index (χ3n) is 3.29. The minimum absolute atomic E-state index is 0.0631. The van der Waals surface area contributed by atoms with E-state index < -0.39 is 11.0 Å². The monoisotopic (exact) mass is 340 g/mol. The van der Waals surface area contributed by atoms with Crippen molar-refractivity contribution in [2.24, 2.45) is 5.73 Å². The maximum Gasteiger partial charge on any atom is 0.292 e. The molecule has 128 valence electrons. The minimum Gasteiger partial charge on any atom is -0.379 e. The van der Waals surface area contributed by atoms with Crippen molar-refractivity contribution in [3.63, 3.8) is 0 Å². The fourth-order valence-electron chi connectivity index (χ4n) is 1.97. The van der Waals surface area contributed by atoms with Gasteiger partial charge in [0, 0.05) is 19.2 Å². The van der Waals surface area contributed by atoms with E-state index in [2.05, 4.69) is 10.6 Å². The fourth-order valence-corrected chi connectivity index (χ4v) is 2.46. The van der Waals surface area contributed by atoms with Crippen LogP contribution < -0.4 is 16.4 Å². The summed E-state index contributed by atoms with van der Waals surface area (Å²) in [6, 6.07) is 4.58. The third kappa shape index (κ3) is 6.87. The first-order valence-electron chi connectivity index (χ1n) is 7.47. The molecule has 0 saturated carbocycles. The second-order valence-corrected chi connectivity index (χ2v) is 6.22. The molecule has 8 heteroatoms. The highest BCUT2D eigenvalue weighted by Crippen LogP contribution is 2.24. The Labute approximate surface area is 140 Å². The van der Waals surface area contributed by atoms with E-state index in [1.54, 1.807) is 17.8 Å². The quantitative estimate of drug-likeness (QED) is 0.341. The summed E-state index contributed by atoms with van der Waals surface area (Å²) in [7, 11) is 0. The van der Waals surface area contributed by atoms with Gasteiger partial charge in [-0.2, -0.15) is 11.8 Å². The summed E-state index contributed by atoms with van der Waals surface area (Å²) < 4.78 is 0. The Kier molecular flexibility index (Phi) is 8.42. The number of hydrogen-bond donors (Lipinski definition) is 3. The van der Waals surface area contributed by atoms with E-state index in [0.717, 1.165) is 11.3 Å². The van der Waals surface area contributed by atoms with Crippen LogP contribution in [0.5, 0.6) is 0 Å². The van der Waals surface area contributed by atoms with E-state index in [1.165, 1.54) is 6.07 Å². The number of carbonyl (C=O) groups excluding carboxylic acids is 1. The normalized spacial score (nSPS) is 11.8. The van der Waals surface area contributed by atoms with Gasteiger partial charge in [-0.15, -0.1) is 0 Å². The number of nitro groups is 1. The third-order valence-corrected chi connectivity index (χ3v) is 3.93. The van der Waals surface area contributed by atoms with Gasteiger partial charge in [-0.1, -0.05) is 6.07 Å². The number of nitrogens with one attached hydrogen (secondary N) is 2. The molecule has 1 amide bonds. The number of anilines is 1. The lowest BCUT2D eigenvalue weighted by Gasteiger charge is -2.12. The van der Waals surface area contributed by atoms with Crippen LogP contribution in [0.15, 0.2) is 18.2 Å². The zero-order valence-corrected chi connectivity index (χ0v) is 14.3. The van der Waals surface area contributed by atoms with Gasteiger partial charge < -0.3 is 16.4 Å². The summed E-state index contributed by atoms with van der Waals surface area (Å²) in [5.41, 5.74) is 7.15. The van der Waals surface area contributed by atoms with Crippen LogP contribution in [0.2, 0.25) is 0 Å². The lowest BCUT2D eigenvalue weighted by Crippen LogP contribution is -2.41. The molecule has 0 bridgehead atoms. The zero-order valence-electron chi connectivity index (χ0n) is 13.5. The molecule has 0 aliphatic rings. The molecule has 4 N–H and O–H groups in total. The van der Waals surface area contributed by atoms with Crippen LogP contribution in [0.25, 0.3) is 0 Å². The molecule has 0 aromatic heterocycles. The summed E-state index contributed by atoms with van der Waals surface area (Å²) in [5.74, 6) is 0.702. The molecule has 1 aromatic rings. The molecule has 0 unspecified atom stereocenters. The Balaban J connectivity index is 2.33. The number of aryl methyl sites for hydroxylation is 1. The van der Waals surface area contributed by atoms with Gasteiger partial charge in [0.15, 0.2) is 0 Å². The van der Waals surface area contributed by atoms with Crippen molar-refractivity contribution in [3.05, 3.63) is 33.9 Å².